The number of hydrogen-bond donors (Lipinski definition) is 2. The van der Waals surface area contributed by atoms with E-state index in [2.05, 4.69) is 20.5 Å². The maximum Gasteiger partial charge on any atom is 0.427 e. The summed E-state index contributed by atoms with van der Waals surface area (Å²) in [4.78, 5) is 23.1. The number of aromatic nitrogens is 2. The van der Waals surface area contributed by atoms with Crippen molar-refractivity contribution in [2.45, 2.75) is 63.4 Å². The molecule has 0 bridgehead atoms. The molecule has 41 heavy (non-hydrogen) atoms. The molecule has 1 atom stereocenters. The molecule has 0 saturated heterocycles. The van der Waals surface area contributed by atoms with Gasteiger partial charge in [0.1, 0.15) is 11.9 Å². The monoisotopic (exact) mass is 613 g/mol. The van der Waals surface area contributed by atoms with Gasteiger partial charge >= 0.3 is 12.3 Å². The van der Waals surface area contributed by atoms with Crippen LogP contribution < -0.4 is 24.4 Å². The molecule has 228 valence electrons. The summed E-state index contributed by atoms with van der Waals surface area (Å²) in [6, 6.07) is 3.61. The van der Waals surface area contributed by atoms with Gasteiger partial charge < -0.3 is 19.5 Å². The van der Waals surface area contributed by atoms with E-state index in [1.54, 1.807) is 6.92 Å². The van der Waals surface area contributed by atoms with Crippen LogP contribution in [0.5, 0.6) is 11.6 Å². The second kappa shape index (κ2) is 12.0. The number of aryl methyl sites for hydroxylation is 1. The van der Waals surface area contributed by atoms with Crippen molar-refractivity contribution in [3.63, 3.8) is 0 Å². The Morgan fingerprint density at radius 3 is 2.51 bits per heavy atom. The number of amides is 2. The number of sulfonamides is 1. The number of ether oxygens (including phenoxy) is 3. The lowest BCUT2D eigenvalue weighted by Gasteiger charge is -2.35. The third-order valence-electron chi connectivity index (χ3n) is 5.68. The highest BCUT2D eigenvalue weighted by Gasteiger charge is 2.51. The van der Waals surface area contributed by atoms with Crippen LogP contribution in [0, 0.1) is 0 Å². The van der Waals surface area contributed by atoms with Gasteiger partial charge in [0.2, 0.25) is 11.5 Å². The number of benzene rings is 1. The van der Waals surface area contributed by atoms with E-state index in [-0.39, 0.29) is 30.2 Å². The minimum absolute atomic E-state index is 0.0253. The summed E-state index contributed by atoms with van der Waals surface area (Å²) in [5.41, 5.74) is -3.12. The molecule has 2 aromatic rings. The summed E-state index contributed by atoms with van der Waals surface area (Å²) in [5.74, 6) is -1.02. The molecular weight excluding hydrogens is 585 g/mol. The average molecular weight is 614 g/mol. The van der Waals surface area contributed by atoms with Crippen molar-refractivity contribution in [1.29, 1.82) is 0 Å². The molecule has 1 unspecified atom stereocenters. The van der Waals surface area contributed by atoms with Crippen LogP contribution in [0.1, 0.15) is 27.7 Å². The van der Waals surface area contributed by atoms with Gasteiger partial charge in [-0.05, 0) is 39.0 Å². The van der Waals surface area contributed by atoms with E-state index in [1.165, 1.54) is 23.7 Å². The Morgan fingerprint density at radius 1 is 1.24 bits per heavy atom. The number of halogens is 5. The van der Waals surface area contributed by atoms with E-state index < -0.39 is 70.3 Å². The Kier molecular flexibility index (Phi) is 9.24. The molecular formula is C23H28F5N5O7S. The Bertz CT molecular complexity index is 1380. The van der Waals surface area contributed by atoms with Crippen LogP contribution in [0.2, 0.25) is 0 Å². The fraction of sp³-hybridized carbons (Fsp3) is 0.522. The first-order valence-electron chi connectivity index (χ1n) is 12.1. The van der Waals surface area contributed by atoms with E-state index in [0.717, 1.165) is 16.6 Å². The SMILES string of the molecule is CCn1cc(S(=O)(=O)N2CC(CNC(C)=O)Oc3ccc(NC(=O)OC(C)(C)C(F)(F)F)cc32)c(OCC(F)F)n1. The fourth-order valence-electron chi connectivity index (χ4n) is 3.50. The molecule has 0 fully saturated rings. The number of hydrogen-bond acceptors (Lipinski definition) is 8. The highest BCUT2D eigenvalue weighted by atomic mass is 32.2. The highest BCUT2D eigenvalue weighted by Crippen LogP contribution is 2.40. The zero-order chi connectivity index (χ0) is 30.8. The highest BCUT2D eigenvalue weighted by molar-refractivity contribution is 7.93. The molecule has 2 N–H and O–H groups in total. The number of alkyl halides is 5. The predicted molar refractivity (Wildman–Crippen MR) is 134 cm³/mol. The molecule has 0 radical (unpaired) electrons. The number of carbonyl (C=O) groups is 2. The maximum atomic E-state index is 13.9. The van der Waals surface area contributed by atoms with Crippen molar-refractivity contribution in [1.82, 2.24) is 15.1 Å². The largest absolute Gasteiger partial charge is 0.484 e. The first-order valence-corrected chi connectivity index (χ1v) is 13.5. The van der Waals surface area contributed by atoms with E-state index in [9.17, 15) is 40.0 Å². The van der Waals surface area contributed by atoms with E-state index in [1.807, 2.05) is 0 Å². The minimum Gasteiger partial charge on any atom is -0.484 e. The van der Waals surface area contributed by atoms with Gasteiger partial charge in [-0.15, -0.1) is 5.10 Å². The standard InChI is InChI=1S/C23H28F5N5O7S/c1-5-32-11-18(20(31-32)38-12-19(24)25)41(36,37)33-10-15(9-29-13(2)34)39-17-7-6-14(8-16(17)33)30-21(35)40-22(3,4)23(26,27)28/h6-8,11,15,19H,5,9-10,12H2,1-4H3,(H,29,34)(H,30,35). The number of nitrogens with one attached hydrogen (secondary N) is 2. The zero-order valence-electron chi connectivity index (χ0n) is 22.3. The molecule has 0 spiro atoms. The molecule has 18 heteroatoms. The smallest absolute Gasteiger partial charge is 0.427 e. The Morgan fingerprint density at radius 2 is 1.93 bits per heavy atom. The molecule has 1 aliphatic heterocycles. The normalized spacial score (nSPS) is 15.7. The molecule has 1 aromatic carbocycles. The van der Waals surface area contributed by atoms with Crippen LogP contribution in [0.15, 0.2) is 29.3 Å². The zero-order valence-corrected chi connectivity index (χ0v) is 23.1. The quantitative estimate of drug-likeness (QED) is 0.388. The summed E-state index contributed by atoms with van der Waals surface area (Å²) >= 11 is 0. The Balaban J connectivity index is 2.02. The van der Waals surface area contributed by atoms with Gasteiger partial charge in [-0.3, -0.25) is 19.1 Å². The van der Waals surface area contributed by atoms with E-state index in [0.29, 0.717) is 13.8 Å². The average Bonchev–Trinajstić information content (AvgIpc) is 3.29. The van der Waals surface area contributed by atoms with Crippen molar-refractivity contribution >= 4 is 33.4 Å². The second-order valence-electron chi connectivity index (χ2n) is 9.27. The lowest BCUT2D eigenvalue weighted by atomic mass is 10.1. The lowest BCUT2D eigenvalue weighted by Crippen LogP contribution is -2.48. The van der Waals surface area contributed by atoms with Crippen LogP contribution in [-0.2, 0) is 26.1 Å². The topological polar surface area (TPSA) is 141 Å². The van der Waals surface area contributed by atoms with Crippen LogP contribution in [0.4, 0.5) is 38.1 Å². The van der Waals surface area contributed by atoms with Crippen LogP contribution >= 0.6 is 0 Å². The van der Waals surface area contributed by atoms with Gasteiger partial charge in [-0.25, -0.2) is 22.0 Å². The first kappa shape index (κ1) is 31.7. The molecule has 12 nitrogen and oxygen atoms in total. The summed E-state index contributed by atoms with van der Waals surface area (Å²) in [6.07, 6.45) is -9.07. The molecule has 0 aliphatic carbocycles. The van der Waals surface area contributed by atoms with Crippen LogP contribution in [0.3, 0.4) is 0 Å². The number of carbonyl (C=O) groups excluding carboxylic acids is 2. The van der Waals surface area contributed by atoms with Crippen molar-refractivity contribution < 1.29 is 54.2 Å². The molecule has 1 aromatic heterocycles. The van der Waals surface area contributed by atoms with Crippen molar-refractivity contribution in [2.24, 2.45) is 0 Å². The number of fused-ring (bicyclic) bond motifs is 1. The summed E-state index contributed by atoms with van der Waals surface area (Å²) in [5, 5.41) is 8.54. The van der Waals surface area contributed by atoms with Gasteiger partial charge in [-0.2, -0.15) is 13.2 Å². The fourth-order valence-corrected chi connectivity index (χ4v) is 5.08. The van der Waals surface area contributed by atoms with Gasteiger partial charge in [0.05, 0.1) is 18.8 Å². The third kappa shape index (κ3) is 7.47. The van der Waals surface area contributed by atoms with Crippen LogP contribution in [0.25, 0.3) is 0 Å². The van der Waals surface area contributed by atoms with E-state index >= 15 is 0 Å². The molecule has 2 amide bonds. The minimum atomic E-state index is -4.87. The van der Waals surface area contributed by atoms with Gasteiger partial charge in [-0.1, -0.05) is 0 Å². The summed E-state index contributed by atoms with van der Waals surface area (Å²) < 4.78 is 110. The van der Waals surface area contributed by atoms with Crippen molar-refractivity contribution in [3.8, 4) is 11.6 Å². The summed E-state index contributed by atoms with van der Waals surface area (Å²) in [6.45, 7) is 2.73. The molecule has 3 rings (SSSR count). The molecule has 0 saturated carbocycles. The number of anilines is 2. The molecule has 1 aliphatic rings. The predicted octanol–water partition coefficient (Wildman–Crippen LogP) is 3.53. The van der Waals surface area contributed by atoms with Gasteiger partial charge in [0, 0.05) is 25.4 Å². The third-order valence-corrected chi connectivity index (χ3v) is 7.44. The Hall–Kier alpha value is -3.83. The van der Waals surface area contributed by atoms with Crippen LogP contribution in [-0.4, -0.2) is 74.2 Å². The lowest BCUT2D eigenvalue weighted by molar-refractivity contribution is -0.242. The number of rotatable bonds is 10. The summed E-state index contributed by atoms with van der Waals surface area (Å²) in [7, 11) is -4.61. The second-order valence-corrected chi connectivity index (χ2v) is 11.1. The van der Waals surface area contributed by atoms with Crippen molar-refractivity contribution in [2.75, 3.05) is 29.3 Å². The Labute approximate surface area is 231 Å². The maximum absolute atomic E-state index is 13.9. The number of nitrogens with zero attached hydrogens (tertiary/aromatic N) is 3. The van der Waals surface area contributed by atoms with Gasteiger partial charge in [0.15, 0.2) is 11.5 Å². The van der Waals surface area contributed by atoms with E-state index in [4.69, 9.17) is 9.47 Å². The van der Waals surface area contributed by atoms with Crippen molar-refractivity contribution in [3.05, 3.63) is 24.4 Å². The van der Waals surface area contributed by atoms with Gasteiger partial charge in [0.25, 0.3) is 22.3 Å². The molecule has 2 heterocycles. The first-order chi connectivity index (χ1) is 18.9.